The molecule has 1 aromatic carbocycles. The first-order valence-corrected chi connectivity index (χ1v) is 6.32. The van der Waals surface area contributed by atoms with Crippen molar-refractivity contribution in [2.24, 2.45) is 5.16 Å². The van der Waals surface area contributed by atoms with Gasteiger partial charge in [-0.2, -0.15) is 0 Å². The van der Waals surface area contributed by atoms with Crippen molar-refractivity contribution < 1.29 is 14.3 Å². The third kappa shape index (κ3) is 3.00. The van der Waals surface area contributed by atoms with E-state index in [9.17, 15) is 0 Å². The second-order valence-electron chi connectivity index (χ2n) is 4.01. The minimum absolute atomic E-state index is 0.0465. The molecule has 0 amide bonds. The van der Waals surface area contributed by atoms with Crippen LogP contribution < -0.4 is 9.47 Å². The SMILES string of the molecule is CC(C)ON=C(Cl)c1cc2c(cc1Cl)OCCO2. The normalized spacial score (nSPS) is 14.8. The number of nitrogens with zero attached hydrogens (tertiary/aromatic N) is 1. The van der Waals surface area contributed by atoms with Crippen LogP contribution >= 0.6 is 23.2 Å². The topological polar surface area (TPSA) is 40.0 Å². The van der Waals surface area contributed by atoms with E-state index >= 15 is 0 Å². The van der Waals surface area contributed by atoms with Crippen molar-refractivity contribution >= 4 is 28.4 Å². The number of rotatable bonds is 3. The lowest BCUT2D eigenvalue weighted by Crippen LogP contribution is -2.15. The summed E-state index contributed by atoms with van der Waals surface area (Å²) in [6.07, 6.45) is -0.0465. The molecule has 4 nitrogen and oxygen atoms in total. The Bertz CT molecular complexity index is 475. The average Bonchev–Trinajstić information content (AvgIpc) is 2.35. The lowest BCUT2D eigenvalue weighted by Gasteiger charge is -2.19. The fourth-order valence-electron chi connectivity index (χ4n) is 1.42. The molecule has 98 valence electrons. The first kappa shape index (κ1) is 13.3. The Hall–Kier alpha value is -1.13. The standard InChI is InChI=1S/C12H13Cl2NO3/c1-7(2)18-15-12(14)8-5-10-11(6-9(8)13)17-4-3-16-10/h5-7H,3-4H2,1-2H3. The molecule has 1 heterocycles. The van der Waals surface area contributed by atoms with Crippen LogP contribution in [0, 0.1) is 0 Å². The lowest BCUT2D eigenvalue weighted by atomic mass is 10.2. The monoisotopic (exact) mass is 289 g/mol. The summed E-state index contributed by atoms with van der Waals surface area (Å²) in [6, 6.07) is 3.37. The Labute approximate surface area is 115 Å². The molecule has 1 aliphatic heterocycles. The number of oxime groups is 1. The van der Waals surface area contributed by atoms with E-state index in [1.165, 1.54) is 0 Å². The molecule has 2 rings (SSSR count). The van der Waals surface area contributed by atoms with Gasteiger partial charge in [-0.1, -0.05) is 28.4 Å². The van der Waals surface area contributed by atoms with Crippen LogP contribution in [0.5, 0.6) is 11.5 Å². The van der Waals surface area contributed by atoms with Crippen LogP contribution in [0.4, 0.5) is 0 Å². The van der Waals surface area contributed by atoms with Crippen molar-refractivity contribution in [1.29, 1.82) is 0 Å². The average molecular weight is 290 g/mol. The molecule has 0 fully saturated rings. The van der Waals surface area contributed by atoms with Gasteiger partial charge in [0.15, 0.2) is 16.7 Å². The molecule has 1 aliphatic rings. The van der Waals surface area contributed by atoms with E-state index in [4.69, 9.17) is 37.5 Å². The fraction of sp³-hybridized carbons (Fsp3) is 0.417. The van der Waals surface area contributed by atoms with Crippen molar-refractivity contribution in [3.8, 4) is 11.5 Å². The summed E-state index contributed by atoms with van der Waals surface area (Å²) in [7, 11) is 0. The Morgan fingerprint density at radius 2 is 1.89 bits per heavy atom. The number of ether oxygens (including phenoxy) is 2. The maximum absolute atomic E-state index is 6.11. The molecule has 0 spiro atoms. The van der Waals surface area contributed by atoms with Gasteiger partial charge in [-0.15, -0.1) is 0 Å². The molecule has 0 atom stereocenters. The molecule has 0 unspecified atom stereocenters. The zero-order valence-electron chi connectivity index (χ0n) is 10.1. The largest absolute Gasteiger partial charge is 0.486 e. The summed E-state index contributed by atoms with van der Waals surface area (Å²) >= 11 is 12.2. The summed E-state index contributed by atoms with van der Waals surface area (Å²) < 4.78 is 10.9. The van der Waals surface area contributed by atoms with Gasteiger partial charge < -0.3 is 14.3 Å². The van der Waals surface area contributed by atoms with Gasteiger partial charge in [0.05, 0.1) is 5.02 Å². The van der Waals surface area contributed by atoms with Crippen molar-refractivity contribution in [3.05, 3.63) is 22.7 Å². The third-order valence-corrected chi connectivity index (χ3v) is 2.78. The first-order valence-electron chi connectivity index (χ1n) is 5.56. The molecule has 6 heteroatoms. The summed E-state index contributed by atoms with van der Waals surface area (Å²) in [5.41, 5.74) is 0.559. The van der Waals surface area contributed by atoms with Crippen LogP contribution in [-0.2, 0) is 4.84 Å². The van der Waals surface area contributed by atoms with Gasteiger partial charge in [0.1, 0.15) is 19.3 Å². The summed E-state index contributed by atoms with van der Waals surface area (Å²) in [4.78, 5) is 5.08. The molecule has 0 saturated heterocycles. The number of benzene rings is 1. The van der Waals surface area contributed by atoms with Gasteiger partial charge >= 0.3 is 0 Å². The highest BCUT2D eigenvalue weighted by atomic mass is 35.5. The van der Waals surface area contributed by atoms with E-state index in [0.717, 1.165) is 0 Å². The van der Waals surface area contributed by atoms with Gasteiger partial charge in [-0.3, -0.25) is 0 Å². The molecule has 18 heavy (non-hydrogen) atoms. The van der Waals surface area contributed by atoms with Crippen molar-refractivity contribution in [2.75, 3.05) is 13.2 Å². The Balaban J connectivity index is 2.30. The van der Waals surface area contributed by atoms with E-state index in [1.807, 2.05) is 13.8 Å². The Kier molecular flexibility index (Phi) is 4.19. The van der Waals surface area contributed by atoms with Gasteiger partial charge in [0.2, 0.25) is 0 Å². The fourth-order valence-corrected chi connectivity index (χ4v) is 1.91. The molecule has 0 N–H and O–H groups in total. The zero-order valence-corrected chi connectivity index (χ0v) is 11.6. The van der Waals surface area contributed by atoms with E-state index in [1.54, 1.807) is 12.1 Å². The number of hydrogen-bond acceptors (Lipinski definition) is 4. The van der Waals surface area contributed by atoms with Crippen molar-refractivity contribution in [3.63, 3.8) is 0 Å². The van der Waals surface area contributed by atoms with E-state index in [-0.39, 0.29) is 11.3 Å². The molecule has 1 aromatic rings. The van der Waals surface area contributed by atoms with Gasteiger partial charge in [0, 0.05) is 11.6 Å². The molecule has 0 aromatic heterocycles. The summed E-state index contributed by atoms with van der Waals surface area (Å²) in [5.74, 6) is 1.22. The predicted octanol–water partition coefficient (Wildman–Crippen LogP) is 3.44. The third-order valence-electron chi connectivity index (χ3n) is 2.20. The van der Waals surface area contributed by atoms with E-state index < -0.39 is 0 Å². The molecular formula is C12H13Cl2NO3. The first-order chi connectivity index (χ1) is 8.58. The smallest absolute Gasteiger partial charge is 0.177 e. The van der Waals surface area contributed by atoms with Crippen LogP contribution in [0.1, 0.15) is 19.4 Å². The molecule has 0 radical (unpaired) electrons. The van der Waals surface area contributed by atoms with E-state index in [2.05, 4.69) is 5.16 Å². The van der Waals surface area contributed by atoms with Crippen LogP contribution in [0.2, 0.25) is 5.02 Å². The molecule has 0 saturated carbocycles. The number of fused-ring (bicyclic) bond motifs is 1. The maximum Gasteiger partial charge on any atom is 0.177 e. The molecule has 0 bridgehead atoms. The highest BCUT2D eigenvalue weighted by Gasteiger charge is 2.17. The van der Waals surface area contributed by atoms with Gasteiger partial charge in [0.25, 0.3) is 0 Å². The minimum Gasteiger partial charge on any atom is -0.486 e. The maximum atomic E-state index is 6.11. The van der Waals surface area contributed by atoms with Crippen LogP contribution in [0.15, 0.2) is 17.3 Å². The number of hydrogen-bond donors (Lipinski definition) is 0. The summed E-state index contributed by atoms with van der Waals surface area (Å²) in [5, 5.41) is 4.44. The van der Waals surface area contributed by atoms with Crippen LogP contribution in [0.25, 0.3) is 0 Å². The second-order valence-corrected chi connectivity index (χ2v) is 4.78. The zero-order chi connectivity index (χ0) is 13.1. The molecule has 0 aliphatic carbocycles. The second kappa shape index (κ2) is 5.67. The highest BCUT2D eigenvalue weighted by Crippen LogP contribution is 2.36. The predicted molar refractivity (Wildman–Crippen MR) is 71.1 cm³/mol. The molecular weight excluding hydrogens is 277 g/mol. The lowest BCUT2D eigenvalue weighted by molar-refractivity contribution is 0.0868. The van der Waals surface area contributed by atoms with Crippen molar-refractivity contribution in [2.45, 2.75) is 20.0 Å². The Morgan fingerprint density at radius 1 is 1.28 bits per heavy atom. The van der Waals surface area contributed by atoms with Gasteiger partial charge in [-0.25, -0.2) is 0 Å². The van der Waals surface area contributed by atoms with Crippen LogP contribution in [-0.4, -0.2) is 24.5 Å². The van der Waals surface area contributed by atoms with E-state index in [0.29, 0.717) is 35.3 Å². The Morgan fingerprint density at radius 3 is 2.50 bits per heavy atom. The number of halogens is 2. The van der Waals surface area contributed by atoms with Crippen molar-refractivity contribution in [1.82, 2.24) is 0 Å². The summed E-state index contributed by atoms with van der Waals surface area (Å²) in [6.45, 7) is 4.74. The van der Waals surface area contributed by atoms with Gasteiger partial charge in [-0.05, 0) is 19.9 Å². The highest BCUT2D eigenvalue weighted by molar-refractivity contribution is 6.70. The minimum atomic E-state index is -0.0465. The quantitative estimate of drug-likeness (QED) is 0.632. The van der Waals surface area contributed by atoms with Crippen LogP contribution in [0.3, 0.4) is 0 Å².